The summed E-state index contributed by atoms with van der Waals surface area (Å²) in [6.07, 6.45) is 0. The molecule has 0 aliphatic carbocycles. The van der Waals surface area contributed by atoms with Gasteiger partial charge in [0.15, 0.2) is 0 Å². The lowest BCUT2D eigenvalue weighted by Crippen LogP contribution is -2.43. The average molecular weight is 296 g/mol. The molecule has 1 saturated heterocycles. The first kappa shape index (κ1) is 13.7. The molecule has 20 heavy (non-hydrogen) atoms. The monoisotopic (exact) mass is 295 g/mol. The van der Waals surface area contributed by atoms with Crippen LogP contribution in [0.1, 0.15) is 18.5 Å². The summed E-state index contributed by atoms with van der Waals surface area (Å²) < 4.78 is 5.45. The van der Waals surface area contributed by atoms with Crippen molar-refractivity contribution in [1.29, 1.82) is 0 Å². The maximum atomic E-state index is 11.9. The van der Waals surface area contributed by atoms with Crippen LogP contribution >= 0.6 is 11.6 Å². The molecular formula is C14H18ClN3O2. The van der Waals surface area contributed by atoms with Gasteiger partial charge in [-0.3, -0.25) is 4.79 Å². The second-order valence-corrected chi connectivity index (χ2v) is 5.63. The van der Waals surface area contributed by atoms with Crippen LogP contribution in [0.5, 0.6) is 0 Å². The SMILES string of the molecule is CNC1C(=O)Nc2cc(N3CCOCC3C)c(Cl)cc21. The Bertz CT molecular complexity index is 549. The lowest BCUT2D eigenvalue weighted by Gasteiger charge is -2.36. The number of nitrogens with one attached hydrogen (secondary N) is 2. The number of carbonyl (C=O) groups is 1. The van der Waals surface area contributed by atoms with Gasteiger partial charge in [-0.15, -0.1) is 0 Å². The van der Waals surface area contributed by atoms with Crippen LogP contribution in [0.2, 0.25) is 5.02 Å². The van der Waals surface area contributed by atoms with Crippen molar-refractivity contribution in [1.82, 2.24) is 5.32 Å². The van der Waals surface area contributed by atoms with Crippen molar-refractivity contribution >= 4 is 28.9 Å². The quantitative estimate of drug-likeness (QED) is 0.873. The van der Waals surface area contributed by atoms with Crippen molar-refractivity contribution in [2.75, 3.05) is 37.0 Å². The lowest BCUT2D eigenvalue weighted by atomic mass is 10.1. The third kappa shape index (κ3) is 2.16. The molecular weight excluding hydrogens is 278 g/mol. The summed E-state index contributed by atoms with van der Waals surface area (Å²) in [5.41, 5.74) is 2.71. The molecule has 2 aliphatic heterocycles. The molecule has 0 radical (unpaired) electrons. The summed E-state index contributed by atoms with van der Waals surface area (Å²) in [6, 6.07) is 3.80. The van der Waals surface area contributed by atoms with Crippen molar-refractivity contribution < 1.29 is 9.53 Å². The number of likely N-dealkylation sites (N-methyl/N-ethyl adjacent to an activating group) is 1. The van der Waals surface area contributed by atoms with Crippen LogP contribution < -0.4 is 15.5 Å². The summed E-state index contributed by atoms with van der Waals surface area (Å²) in [4.78, 5) is 14.1. The minimum atomic E-state index is -0.321. The maximum absolute atomic E-state index is 11.9. The highest BCUT2D eigenvalue weighted by Gasteiger charge is 2.31. The second kappa shape index (κ2) is 5.24. The van der Waals surface area contributed by atoms with Gasteiger partial charge in [-0.05, 0) is 26.1 Å². The Labute approximate surface area is 123 Å². The average Bonchev–Trinajstić information content (AvgIpc) is 2.73. The molecule has 1 amide bonds. The number of anilines is 2. The Morgan fingerprint density at radius 2 is 2.30 bits per heavy atom. The Balaban J connectivity index is 1.99. The van der Waals surface area contributed by atoms with Crippen LogP contribution in [0.25, 0.3) is 0 Å². The maximum Gasteiger partial charge on any atom is 0.246 e. The van der Waals surface area contributed by atoms with E-state index < -0.39 is 0 Å². The number of ether oxygens (including phenoxy) is 1. The topological polar surface area (TPSA) is 53.6 Å². The Morgan fingerprint density at radius 1 is 1.50 bits per heavy atom. The largest absolute Gasteiger partial charge is 0.377 e. The van der Waals surface area contributed by atoms with Crippen molar-refractivity contribution in [2.24, 2.45) is 0 Å². The molecule has 1 aromatic rings. The van der Waals surface area contributed by atoms with Gasteiger partial charge >= 0.3 is 0 Å². The fraction of sp³-hybridized carbons (Fsp3) is 0.500. The predicted octanol–water partition coefficient (Wildman–Crippen LogP) is 1.78. The summed E-state index contributed by atoms with van der Waals surface area (Å²) >= 11 is 6.43. The molecule has 0 saturated carbocycles. The Hall–Kier alpha value is -1.30. The van der Waals surface area contributed by atoms with E-state index in [1.807, 2.05) is 12.1 Å². The first-order valence-corrected chi connectivity index (χ1v) is 7.15. The molecule has 2 heterocycles. The molecule has 2 unspecified atom stereocenters. The predicted molar refractivity (Wildman–Crippen MR) is 79.5 cm³/mol. The fourth-order valence-corrected chi connectivity index (χ4v) is 3.14. The van der Waals surface area contributed by atoms with Crippen LogP contribution in [-0.4, -0.2) is 38.8 Å². The highest BCUT2D eigenvalue weighted by molar-refractivity contribution is 6.33. The van der Waals surface area contributed by atoms with Crippen LogP contribution in [0.3, 0.4) is 0 Å². The molecule has 5 nitrogen and oxygen atoms in total. The molecule has 1 fully saturated rings. The summed E-state index contributed by atoms with van der Waals surface area (Å²) in [6.45, 7) is 4.31. The van der Waals surface area contributed by atoms with Crippen LogP contribution in [-0.2, 0) is 9.53 Å². The van der Waals surface area contributed by atoms with Crippen LogP contribution in [0, 0.1) is 0 Å². The Kier molecular flexibility index (Phi) is 3.58. The molecule has 2 N–H and O–H groups in total. The number of rotatable bonds is 2. The number of benzene rings is 1. The number of morpholine rings is 1. The number of fused-ring (bicyclic) bond motifs is 1. The summed E-state index contributed by atoms with van der Waals surface area (Å²) in [5.74, 6) is -0.0363. The zero-order valence-electron chi connectivity index (χ0n) is 11.6. The number of hydrogen-bond acceptors (Lipinski definition) is 4. The number of nitrogens with zero attached hydrogens (tertiary/aromatic N) is 1. The number of carbonyl (C=O) groups excluding carboxylic acids is 1. The van der Waals surface area contributed by atoms with Crippen molar-refractivity contribution in [3.05, 3.63) is 22.7 Å². The van der Waals surface area contributed by atoms with Gasteiger partial charge in [-0.2, -0.15) is 0 Å². The first-order chi connectivity index (χ1) is 9.61. The zero-order chi connectivity index (χ0) is 14.3. The van der Waals surface area contributed by atoms with Gasteiger partial charge in [0.05, 0.1) is 23.9 Å². The van der Waals surface area contributed by atoms with E-state index in [-0.39, 0.29) is 18.0 Å². The molecule has 6 heteroatoms. The van der Waals surface area contributed by atoms with Gasteiger partial charge in [0, 0.05) is 23.8 Å². The van der Waals surface area contributed by atoms with Gasteiger partial charge in [0.25, 0.3) is 0 Å². The first-order valence-electron chi connectivity index (χ1n) is 6.77. The summed E-state index contributed by atoms with van der Waals surface area (Å²) in [5, 5.41) is 6.58. The standard InChI is InChI=1S/C14H18ClN3O2/c1-8-7-20-4-3-18(8)12-6-11-9(5-10(12)15)13(16-2)14(19)17-11/h5-6,8,13,16H,3-4,7H2,1-2H3,(H,17,19). The van der Waals surface area contributed by atoms with Crippen molar-refractivity contribution in [2.45, 2.75) is 19.0 Å². The van der Waals surface area contributed by atoms with Crippen LogP contribution in [0.4, 0.5) is 11.4 Å². The Morgan fingerprint density at radius 3 is 3.00 bits per heavy atom. The van der Waals surface area contributed by atoms with Gasteiger partial charge in [0.1, 0.15) is 6.04 Å². The van der Waals surface area contributed by atoms with Gasteiger partial charge in [0.2, 0.25) is 5.91 Å². The minimum absolute atomic E-state index is 0.0363. The fourth-order valence-electron chi connectivity index (χ4n) is 2.86. The molecule has 108 valence electrons. The molecule has 1 aromatic carbocycles. The van der Waals surface area contributed by atoms with E-state index in [1.165, 1.54) is 0 Å². The van der Waals surface area contributed by atoms with E-state index in [0.29, 0.717) is 18.2 Å². The lowest BCUT2D eigenvalue weighted by molar-refractivity contribution is -0.117. The van der Waals surface area contributed by atoms with Gasteiger partial charge in [-0.25, -0.2) is 0 Å². The molecule has 2 aliphatic rings. The van der Waals surface area contributed by atoms with E-state index in [0.717, 1.165) is 23.5 Å². The van der Waals surface area contributed by atoms with E-state index >= 15 is 0 Å². The molecule has 2 atom stereocenters. The second-order valence-electron chi connectivity index (χ2n) is 5.22. The number of amides is 1. The number of halogens is 1. The van der Waals surface area contributed by atoms with E-state index in [4.69, 9.17) is 16.3 Å². The molecule has 0 bridgehead atoms. The van der Waals surface area contributed by atoms with E-state index in [1.54, 1.807) is 7.05 Å². The zero-order valence-corrected chi connectivity index (χ0v) is 12.3. The minimum Gasteiger partial charge on any atom is -0.377 e. The van der Waals surface area contributed by atoms with Crippen molar-refractivity contribution in [3.63, 3.8) is 0 Å². The molecule has 3 rings (SSSR count). The highest BCUT2D eigenvalue weighted by atomic mass is 35.5. The van der Waals surface area contributed by atoms with Gasteiger partial charge in [-0.1, -0.05) is 11.6 Å². The van der Waals surface area contributed by atoms with E-state index in [2.05, 4.69) is 22.5 Å². The van der Waals surface area contributed by atoms with Crippen molar-refractivity contribution in [3.8, 4) is 0 Å². The smallest absolute Gasteiger partial charge is 0.246 e. The highest BCUT2D eigenvalue weighted by Crippen LogP contribution is 2.39. The number of hydrogen-bond donors (Lipinski definition) is 2. The molecule has 0 spiro atoms. The third-order valence-corrected chi connectivity index (χ3v) is 4.22. The third-order valence-electron chi connectivity index (χ3n) is 3.92. The summed E-state index contributed by atoms with van der Waals surface area (Å²) in [7, 11) is 1.77. The van der Waals surface area contributed by atoms with E-state index in [9.17, 15) is 4.79 Å². The van der Waals surface area contributed by atoms with Gasteiger partial charge < -0.3 is 20.3 Å². The van der Waals surface area contributed by atoms with Crippen LogP contribution in [0.15, 0.2) is 12.1 Å². The molecule has 0 aromatic heterocycles. The normalized spacial score (nSPS) is 25.6.